The summed E-state index contributed by atoms with van der Waals surface area (Å²) in [6.45, 7) is 1.69. The Morgan fingerprint density at radius 1 is 1.39 bits per heavy atom. The van der Waals surface area contributed by atoms with Crippen molar-refractivity contribution in [3.8, 4) is 5.69 Å². The highest BCUT2D eigenvalue weighted by Crippen LogP contribution is 2.14. The number of aryl methyl sites for hydroxylation is 1. The molecule has 1 heterocycles. The molecule has 3 N–H and O–H groups in total. The lowest BCUT2D eigenvalue weighted by Gasteiger charge is -2.12. The summed E-state index contributed by atoms with van der Waals surface area (Å²) >= 11 is 0. The lowest BCUT2D eigenvalue weighted by molar-refractivity contribution is 0.616. The van der Waals surface area contributed by atoms with E-state index in [1.54, 1.807) is 25.1 Å². The Morgan fingerprint density at radius 2 is 2.06 bits per heavy atom. The molecule has 0 amide bonds. The average molecular weight is 245 g/mol. The number of nitrogens with zero attached hydrogens (tertiary/aromatic N) is 1. The molecule has 0 aliphatic heterocycles. The number of para-hydroxylation sites is 1. The SMILES string of the molecule is Cc1cc(=O)c(C(=N)N)cn1-c1ccccc1F. The minimum absolute atomic E-state index is 0.0591. The van der Waals surface area contributed by atoms with Crippen molar-refractivity contribution in [1.29, 1.82) is 5.41 Å². The van der Waals surface area contributed by atoms with Gasteiger partial charge in [-0.3, -0.25) is 10.2 Å². The van der Waals surface area contributed by atoms with E-state index in [4.69, 9.17) is 11.1 Å². The Morgan fingerprint density at radius 3 is 2.67 bits per heavy atom. The highest BCUT2D eigenvalue weighted by atomic mass is 19.1. The van der Waals surface area contributed by atoms with Gasteiger partial charge >= 0.3 is 0 Å². The number of nitrogens with one attached hydrogen (secondary N) is 1. The van der Waals surface area contributed by atoms with Crippen molar-refractivity contribution in [1.82, 2.24) is 4.57 Å². The summed E-state index contributed by atoms with van der Waals surface area (Å²) in [7, 11) is 0. The highest BCUT2D eigenvalue weighted by molar-refractivity contribution is 5.94. The van der Waals surface area contributed by atoms with Crippen LogP contribution in [0.2, 0.25) is 0 Å². The number of benzene rings is 1. The predicted octanol–water partition coefficient (Wildman–Crippen LogP) is 1.57. The summed E-state index contributed by atoms with van der Waals surface area (Å²) in [5.41, 5.74) is 5.94. The van der Waals surface area contributed by atoms with Gasteiger partial charge in [0.25, 0.3) is 0 Å². The molecule has 1 aromatic heterocycles. The standard InChI is InChI=1S/C13H12FN3O/c1-8-6-12(18)9(13(15)16)7-17(8)11-5-3-2-4-10(11)14/h2-7H,1H3,(H3,15,16). The quantitative estimate of drug-likeness (QED) is 0.622. The van der Waals surface area contributed by atoms with Gasteiger partial charge in [0.1, 0.15) is 11.7 Å². The summed E-state index contributed by atoms with van der Waals surface area (Å²) in [5, 5.41) is 7.33. The number of hydrogen-bond donors (Lipinski definition) is 2. The van der Waals surface area contributed by atoms with Crippen LogP contribution in [0.4, 0.5) is 4.39 Å². The van der Waals surface area contributed by atoms with Crippen molar-refractivity contribution >= 4 is 5.84 Å². The number of amidine groups is 1. The van der Waals surface area contributed by atoms with Gasteiger partial charge in [-0.2, -0.15) is 0 Å². The molecule has 0 saturated carbocycles. The zero-order chi connectivity index (χ0) is 13.3. The topological polar surface area (TPSA) is 71.9 Å². The molecule has 0 radical (unpaired) electrons. The van der Waals surface area contributed by atoms with Crippen molar-refractivity contribution in [2.24, 2.45) is 5.73 Å². The van der Waals surface area contributed by atoms with E-state index in [1.807, 2.05) is 0 Å². The fraction of sp³-hybridized carbons (Fsp3) is 0.0769. The molecule has 0 spiro atoms. The fourth-order valence-electron chi connectivity index (χ4n) is 1.74. The van der Waals surface area contributed by atoms with Crippen LogP contribution in [0.3, 0.4) is 0 Å². The summed E-state index contributed by atoms with van der Waals surface area (Å²) in [4.78, 5) is 11.6. The number of nitrogens with two attached hydrogens (primary N) is 1. The molecule has 0 aliphatic rings. The molecule has 2 rings (SSSR count). The van der Waals surface area contributed by atoms with Crippen molar-refractivity contribution < 1.29 is 4.39 Å². The third-order valence-corrected chi connectivity index (χ3v) is 2.65. The van der Waals surface area contributed by atoms with Gasteiger partial charge in [-0.25, -0.2) is 4.39 Å². The number of rotatable bonds is 2. The maximum Gasteiger partial charge on any atom is 0.192 e. The molecule has 0 unspecified atom stereocenters. The maximum atomic E-state index is 13.7. The first-order valence-corrected chi connectivity index (χ1v) is 5.33. The summed E-state index contributed by atoms with van der Waals surface area (Å²) in [6, 6.07) is 7.55. The van der Waals surface area contributed by atoms with Crippen LogP contribution in [0.1, 0.15) is 11.3 Å². The Labute approximate surface area is 103 Å². The van der Waals surface area contributed by atoms with E-state index in [0.717, 1.165) is 0 Å². The second kappa shape index (κ2) is 4.44. The first kappa shape index (κ1) is 12.0. The van der Waals surface area contributed by atoms with E-state index in [-0.39, 0.29) is 16.8 Å². The zero-order valence-corrected chi connectivity index (χ0v) is 9.77. The van der Waals surface area contributed by atoms with Crippen LogP contribution in [0.15, 0.2) is 41.3 Å². The van der Waals surface area contributed by atoms with E-state index >= 15 is 0 Å². The van der Waals surface area contributed by atoms with Gasteiger partial charge in [-0.15, -0.1) is 0 Å². The molecular weight excluding hydrogens is 233 g/mol. The molecule has 92 valence electrons. The monoisotopic (exact) mass is 245 g/mol. The number of halogens is 1. The van der Waals surface area contributed by atoms with Gasteiger partial charge < -0.3 is 10.3 Å². The van der Waals surface area contributed by atoms with Crippen LogP contribution < -0.4 is 11.2 Å². The second-order valence-electron chi connectivity index (χ2n) is 3.93. The molecule has 0 saturated heterocycles. The third-order valence-electron chi connectivity index (χ3n) is 2.65. The van der Waals surface area contributed by atoms with Gasteiger partial charge in [-0.05, 0) is 19.1 Å². The number of pyridine rings is 1. The van der Waals surface area contributed by atoms with E-state index in [0.29, 0.717) is 11.4 Å². The van der Waals surface area contributed by atoms with Gasteiger partial charge in [-0.1, -0.05) is 12.1 Å². The molecule has 2 aromatic rings. The molecule has 0 bridgehead atoms. The van der Waals surface area contributed by atoms with Crippen LogP contribution in [0.5, 0.6) is 0 Å². The molecule has 5 heteroatoms. The van der Waals surface area contributed by atoms with Crippen LogP contribution in [-0.2, 0) is 0 Å². The van der Waals surface area contributed by atoms with Crippen molar-refractivity contribution in [2.75, 3.05) is 0 Å². The summed E-state index contributed by atoms with van der Waals surface area (Å²) < 4.78 is 15.2. The van der Waals surface area contributed by atoms with Crippen LogP contribution >= 0.6 is 0 Å². The van der Waals surface area contributed by atoms with Crippen LogP contribution in [0.25, 0.3) is 5.69 Å². The smallest absolute Gasteiger partial charge is 0.192 e. The first-order valence-electron chi connectivity index (χ1n) is 5.33. The number of hydrogen-bond acceptors (Lipinski definition) is 2. The second-order valence-corrected chi connectivity index (χ2v) is 3.93. The third kappa shape index (κ3) is 2.02. The van der Waals surface area contributed by atoms with E-state index < -0.39 is 5.82 Å². The summed E-state index contributed by atoms with van der Waals surface area (Å²) in [5.74, 6) is -0.733. The molecule has 0 fully saturated rings. The average Bonchev–Trinajstić information content (AvgIpc) is 2.30. The van der Waals surface area contributed by atoms with E-state index in [2.05, 4.69) is 0 Å². The first-order chi connectivity index (χ1) is 8.50. The van der Waals surface area contributed by atoms with Gasteiger partial charge in [0.2, 0.25) is 0 Å². The van der Waals surface area contributed by atoms with Crippen LogP contribution in [0, 0.1) is 18.2 Å². The molecule has 18 heavy (non-hydrogen) atoms. The lowest BCUT2D eigenvalue weighted by atomic mass is 10.2. The zero-order valence-electron chi connectivity index (χ0n) is 9.77. The summed E-state index contributed by atoms with van der Waals surface area (Å²) in [6.07, 6.45) is 1.39. The Hall–Kier alpha value is -2.43. The van der Waals surface area contributed by atoms with Crippen LogP contribution in [-0.4, -0.2) is 10.4 Å². The Kier molecular flexibility index (Phi) is 2.97. The minimum atomic E-state index is -0.404. The van der Waals surface area contributed by atoms with E-state index in [9.17, 15) is 9.18 Å². The van der Waals surface area contributed by atoms with Gasteiger partial charge in [0, 0.05) is 18.0 Å². The van der Waals surface area contributed by atoms with Crippen molar-refractivity contribution in [3.05, 3.63) is 63.8 Å². The number of aromatic nitrogens is 1. The predicted molar refractivity (Wildman–Crippen MR) is 67.8 cm³/mol. The maximum absolute atomic E-state index is 13.7. The molecule has 0 aliphatic carbocycles. The van der Waals surface area contributed by atoms with E-state index in [1.165, 1.54) is 22.9 Å². The van der Waals surface area contributed by atoms with Gasteiger partial charge in [0.15, 0.2) is 5.43 Å². The fourth-order valence-corrected chi connectivity index (χ4v) is 1.74. The van der Waals surface area contributed by atoms with Crippen molar-refractivity contribution in [2.45, 2.75) is 6.92 Å². The molecule has 4 nitrogen and oxygen atoms in total. The minimum Gasteiger partial charge on any atom is -0.384 e. The molecule has 1 aromatic carbocycles. The molecule has 0 atom stereocenters. The highest BCUT2D eigenvalue weighted by Gasteiger charge is 2.10. The molecular formula is C13H12FN3O. The number of nitrogen functional groups attached to an aromatic ring is 1. The normalized spacial score (nSPS) is 10.3. The lowest BCUT2D eigenvalue weighted by Crippen LogP contribution is -2.24. The largest absolute Gasteiger partial charge is 0.384 e. The van der Waals surface area contributed by atoms with Gasteiger partial charge in [0.05, 0.1) is 11.3 Å². The Bertz CT molecular complexity index is 676. The Balaban J connectivity index is 2.73. The van der Waals surface area contributed by atoms with Crippen molar-refractivity contribution in [3.63, 3.8) is 0 Å².